The van der Waals surface area contributed by atoms with Gasteiger partial charge in [-0.3, -0.25) is 4.79 Å². The number of thiazole rings is 1. The first-order chi connectivity index (χ1) is 13.6. The van der Waals surface area contributed by atoms with Crippen molar-refractivity contribution in [3.63, 3.8) is 0 Å². The summed E-state index contributed by atoms with van der Waals surface area (Å²) in [6.07, 6.45) is 0. The van der Waals surface area contributed by atoms with Crippen molar-refractivity contribution in [3.8, 4) is 0 Å². The van der Waals surface area contributed by atoms with Crippen molar-refractivity contribution >= 4 is 53.4 Å². The fourth-order valence-corrected chi connectivity index (χ4v) is 5.81. The van der Waals surface area contributed by atoms with Crippen LogP contribution >= 0.6 is 27.3 Å². The second-order valence-corrected chi connectivity index (χ2v) is 10.7. The molecule has 2 aromatic carbocycles. The third kappa shape index (κ3) is 4.37. The van der Waals surface area contributed by atoms with E-state index < -0.39 is 15.9 Å². The van der Waals surface area contributed by atoms with Gasteiger partial charge in [-0.15, -0.1) is 0 Å². The molecule has 0 atom stereocenters. The van der Waals surface area contributed by atoms with E-state index in [2.05, 4.69) is 20.9 Å². The number of sulfonamides is 1. The van der Waals surface area contributed by atoms with Gasteiger partial charge < -0.3 is 4.57 Å². The highest BCUT2D eigenvalue weighted by molar-refractivity contribution is 9.10. The Balaban J connectivity index is 1.97. The highest BCUT2D eigenvalue weighted by Gasteiger charge is 2.23. The van der Waals surface area contributed by atoms with Crippen LogP contribution in [0.5, 0.6) is 0 Å². The summed E-state index contributed by atoms with van der Waals surface area (Å²) in [5.74, 6) is -0.404. The molecular weight excluding hydrogens is 474 g/mol. The Hall–Kier alpha value is -1.81. The zero-order chi connectivity index (χ0) is 21.3. The molecule has 1 amide bonds. The van der Waals surface area contributed by atoms with Gasteiger partial charge >= 0.3 is 0 Å². The van der Waals surface area contributed by atoms with E-state index in [1.165, 1.54) is 47.0 Å². The highest BCUT2D eigenvalue weighted by atomic mass is 79.9. The summed E-state index contributed by atoms with van der Waals surface area (Å²) in [6.45, 7) is 6.30. The van der Waals surface area contributed by atoms with Crippen LogP contribution < -0.4 is 4.80 Å². The minimum Gasteiger partial charge on any atom is -0.317 e. The summed E-state index contributed by atoms with van der Waals surface area (Å²) in [7, 11) is -2.05. The second-order valence-electron chi connectivity index (χ2n) is 6.80. The van der Waals surface area contributed by atoms with E-state index in [4.69, 9.17) is 0 Å². The number of fused-ring (bicyclic) bond motifs is 1. The number of hydrogen-bond acceptors (Lipinski definition) is 4. The molecule has 0 aliphatic rings. The van der Waals surface area contributed by atoms with Gasteiger partial charge in [0.15, 0.2) is 4.80 Å². The standard InChI is InChI=1S/C20H22BrN3O3S2/c1-5-24-17-11-8-15(21)12-18(17)28-20(24)22-19(25)14-6-9-16(10-7-14)29(26,27)23(4)13(2)3/h6-13H,5H2,1-4H3. The molecule has 0 radical (unpaired) electrons. The molecule has 0 fully saturated rings. The summed E-state index contributed by atoms with van der Waals surface area (Å²) >= 11 is 4.91. The molecular formula is C20H22BrN3O3S2. The number of aryl methyl sites for hydroxylation is 1. The lowest BCUT2D eigenvalue weighted by Gasteiger charge is -2.20. The summed E-state index contributed by atoms with van der Waals surface area (Å²) in [4.78, 5) is 17.7. The van der Waals surface area contributed by atoms with Crippen LogP contribution in [0.4, 0.5) is 0 Å². The first-order valence-corrected chi connectivity index (χ1v) is 12.2. The van der Waals surface area contributed by atoms with E-state index >= 15 is 0 Å². The lowest BCUT2D eigenvalue weighted by Crippen LogP contribution is -2.33. The van der Waals surface area contributed by atoms with E-state index in [0.29, 0.717) is 16.9 Å². The lowest BCUT2D eigenvalue weighted by atomic mass is 10.2. The van der Waals surface area contributed by atoms with Gasteiger partial charge in [0, 0.05) is 29.7 Å². The SMILES string of the molecule is CCn1c(=NC(=O)c2ccc(S(=O)(=O)N(C)C(C)C)cc2)sc2cc(Br)ccc21. The molecule has 0 unspecified atom stereocenters. The Morgan fingerprint density at radius 2 is 1.86 bits per heavy atom. The summed E-state index contributed by atoms with van der Waals surface area (Å²) in [6, 6.07) is 11.7. The molecule has 0 bridgehead atoms. The zero-order valence-corrected chi connectivity index (χ0v) is 19.8. The van der Waals surface area contributed by atoms with Gasteiger partial charge in [0.1, 0.15) is 0 Å². The monoisotopic (exact) mass is 495 g/mol. The topological polar surface area (TPSA) is 71.7 Å². The van der Waals surface area contributed by atoms with Gasteiger partial charge in [0.25, 0.3) is 5.91 Å². The Bertz CT molecular complexity index is 1230. The van der Waals surface area contributed by atoms with Gasteiger partial charge in [-0.05, 0) is 63.2 Å². The van der Waals surface area contributed by atoms with E-state index in [9.17, 15) is 13.2 Å². The molecule has 0 spiro atoms. The third-order valence-electron chi connectivity index (χ3n) is 4.66. The highest BCUT2D eigenvalue weighted by Crippen LogP contribution is 2.22. The van der Waals surface area contributed by atoms with Gasteiger partial charge in [-0.1, -0.05) is 27.3 Å². The average Bonchev–Trinajstić information content (AvgIpc) is 3.03. The van der Waals surface area contributed by atoms with Gasteiger partial charge in [0.05, 0.1) is 15.1 Å². The molecule has 6 nitrogen and oxygen atoms in total. The van der Waals surface area contributed by atoms with Crippen molar-refractivity contribution in [1.29, 1.82) is 0 Å². The number of aromatic nitrogens is 1. The van der Waals surface area contributed by atoms with Crippen LogP contribution in [0.2, 0.25) is 0 Å². The fraction of sp³-hybridized carbons (Fsp3) is 0.300. The maximum atomic E-state index is 12.7. The Labute approximate surface area is 182 Å². The average molecular weight is 496 g/mol. The van der Waals surface area contributed by atoms with Crippen molar-refractivity contribution in [1.82, 2.24) is 8.87 Å². The molecule has 1 aromatic heterocycles. The second kappa shape index (κ2) is 8.51. The number of rotatable bonds is 5. The number of hydrogen-bond donors (Lipinski definition) is 0. The van der Waals surface area contributed by atoms with Crippen LogP contribution in [0.25, 0.3) is 10.2 Å². The van der Waals surface area contributed by atoms with Crippen molar-refractivity contribution in [2.75, 3.05) is 7.05 Å². The first kappa shape index (κ1) is 21.9. The van der Waals surface area contributed by atoms with Crippen molar-refractivity contribution in [3.05, 3.63) is 57.3 Å². The molecule has 3 rings (SSSR count). The number of carbonyl (C=O) groups is 1. The van der Waals surface area contributed by atoms with Crippen LogP contribution in [-0.4, -0.2) is 36.3 Å². The number of nitrogens with zero attached hydrogens (tertiary/aromatic N) is 3. The fourth-order valence-electron chi connectivity index (χ4n) is 2.80. The quantitative estimate of drug-likeness (QED) is 0.530. The van der Waals surface area contributed by atoms with E-state index in [1.807, 2.05) is 29.7 Å². The molecule has 0 saturated carbocycles. The molecule has 0 aliphatic carbocycles. The maximum absolute atomic E-state index is 12.7. The van der Waals surface area contributed by atoms with Crippen molar-refractivity contribution in [2.24, 2.45) is 4.99 Å². The summed E-state index contributed by atoms with van der Waals surface area (Å²) in [5, 5.41) is 0. The molecule has 9 heteroatoms. The number of benzene rings is 2. The van der Waals surface area contributed by atoms with Crippen LogP contribution in [-0.2, 0) is 16.6 Å². The van der Waals surface area contributed by atoms with Crippen LogP contribution in [0.1, 0.15) is 31.1 Å². The summed E-state index contributed by atoms with van der Waals surface area (Å²) in [5.41, 5.74) is 1.36. The summed E-state index contributed by atoms with van der Waals surface area (Å²) < 4.78 is 30.4. The van der Waals surface area contributed by atoms with Gasteiger partial charge in [0.2, 0.25) is 10.0 Å². The lowest BCUT2D eigenvalue weighted by molar-refractivity contribution is 0.0997. The van der Waals surface area contributed by atoms with Gasteiger partial charge in [-0.25, -0.2) is 8.42 Å². The predicted octanol–water partition coefficient (Wildman–Crippen LogP) is 4.26. The van der Waals surface area contributed by atoms with Crippen LogP contribution in [0.15, 0.2) is 56.8 Å². The Morgan fingerprint density at radius 3 is 2.45 bits per heavy atom. The van der Waals surface area contributed by atoms with Crippen molar-refractivity contribution < 1.29 is 13.2 Å². The Kier molecular flexibility index (Phi) is 6.42. The Morgan fingerprint density at radius 1 is 1.21 bits per heavy atom. The van der Waals surface area contributed by atoms with E-state index in [-0.39, 0.29) is 10.9 Å². The van der Waals surface area contributed by atoms with Crippen LogP contribution in [0.3, 0.4) is 0 Å². The predicted molar refractivity (Wildman–Crippen MR) is 120 cm³/mol. The third-order valence-corrected chi connectivity index (χ3v) is 8.25. The maximum Gasteiger partial charge on any atom is 0.279 e. The first-order valence-electron chi connectivity index (χ1n) is 9.11. The molecule has 0 aliphatic heterocycles. The number of amides is 1. The van der Waals surface area contributed by atoms with Gasteiger partial charge in [-0.2, -0.15) is 9.30 Å². The van der Waals surface area contributed by atoms with E-state index in [1.54, 1.807) is 13.8 Å². The molecule has 0 saturated heterocycles. The zero-order valence-electron chi connectivity index (χ0n) is 16.6. The molecule has 29 heavy (non-hydrogen) atoms. The largest absolute Gasteiger partial charge is 0.317 e. The van der Waals surface area contributed by atoms with Crippen LogP contribution in [0, 0.1) is 0 Å². The minimum absolute atomic E-state index is 0.153. The molecule has 154 valence electrons. The van der Waals surface area contributed by atoms with Crippen molar-refractivity contribution in [2.45, 2.75) is 38.3 Å². The smallest absolute Gasteiger partial charge is 0.279 e. The molecule has 3 aromatic rings. The molecule has 0 N–H and O–H groups in total. The van der Waals surface area contributed by atoms with E-state index in [0.717, 1.165) is 14.7 Å². The normalized spacial score (nSPS) is 13.0. The number of carbonyl (C=O) groups excluding carboxylic acids is 1. The molecule has 1 heterocycles. The minimum atomic E-state index is -3.59. The number of halogens is 1.